The summed E-state index contributed by atoms with van der Waals surface area (Å²) in [5.41, 5.74) is 3.84. The van der Waals surface area contributed by atoms with Crippen molar-refractivity contribution < 1.29 is 9.73 Å². The fourth-order valence-corrected chi connectivity index (χ4v) is 3.36. The van der Waals surface area contributed by atoms with E-state index in [1.54, 1.807) is 11.6 Å². The predicted molar refractivity (Wildman–Crippen MR) is 93.9 cm³/mol. The molecule has 0 bridgehead atoms. The molecule has 1 aromatic heterocycles. The van der Waals surface area contributed by atoms with Crippen LogP contribution in [0.5, 0.6) is 0 Å². The zero-order valence-corrected chi connectivity index (χ0v) is 14.3. The molecule has 0 radical (unpaired) electrons. The molecule has 23 heavy (non-hydrogen) atoms. The van der Waals surface area contributed by atoms with Gasteiger partial charge in [0.25, 0.3) is 0 Å². The molecule has 2 N–H and O–H groups in total. The Morgan fingerprint density at radius 3 is 2.91 bits per heavy atom. The zero-order chi connectivity index (χ0) is 16.2. The SMILES string of the molecule is Cc1cc2oc(=O)cc(C[NH2+]CCC3=CCCCC3)c2cc1Cl. The van der Waals surface area contributed by atoms with Gasteiger partial charge in [-0.25, -0.2) is 4.79 Å². The van der Waals surface area contributed by atoms with E-state index in [1.807, 2.05) is 19.1 Å². The molecule has 122 valence electrons. The summed E-state index contributed by atoms with van der Waals surface area (Å²) in [6.07, 6.45) is 8.68. The maximum atomic E-state index is 11.8. The van der Waals surface area contributed by atoms with Crippen molar-refractivity contribution in [1.29, 1.82) is 0 Å². The third-order valence-electron chi connectivity index (χ3n) is 4.53. The van der Waals surface area contributed by atoms with Crippen molar-refractivity contribution in [3.63, 3.8) is 0 Å². The average molecular weight is 333 g/mol. The maximum absolute atomic E-state index is 11.8. The molecule has 3 nitrogen and oxygen atoms in total. The van der Waals surface area contributed by atoms with Gasteiger partial charge in [-0.3, -0.25) is 0 Å². The largest absolute Gasteiger partial charge is 0.423 e. The summed E-state index contributed by atoms with van der Waals surface area (Å²) >= 11 is 6.22. The fourth-order valence-electron chi connectivity index (χ4n) is 3.19. The Bertz CT molecular complexity index is 792. The molecule has 0 fully saturated rings. The lowest BCUT2D eigenvalue weighted by atomic mass is 9.97. The van der Waals surface area contributed by atoms with Crippen molar-refractivity contribution in [2.24, 2.45) is 0 Å². The van der Waals surface area contributed by atoms with Gasteiger partial charge in [-0.15, -0.1) is 0 Å². The van der Waals surface area contributed by atoms with Gasteiger partial charge in [0.1, 0.15) is 12.1 Å². The standard InChI is InChI=1S/C19H22ClNO2/c1-13-9-18-16(11-17(13)20)15(10-19(22)23-18)12-21-8-7-14-5-3-2-4-6-14/h5,9-11,21H,2-4,6-8,12H2,1H3/p+1. The van der Waals surface area contributed by atoms with E-state index in [1.165, 1.54) is 25.7 Å². The number of fused-ring (bicyclic) bond motifs is 1. The molecule has 2 aromatic rings. The van der Waals surface area contributed by atoms with E-state index in [0.29, 0.717) is 10.6 Å². The first kappa shape index (κ1) is 16.3. The Balaban J connectivity index is 1.70. The molecule has 0 unspecified atom stereocenters. The summed E-state index contributed by atoms with van der Waals surface area (Å²) in [4.78, 5) is 11.8. The third-order valence-corrected chi connectivity index (χ3v) is 4.94. The van der Waals surface area contributed by atoms with Gasteiger partial charge >= 0.3 is 5.63 Å². The smallest absolute Gasteiger partial charge is 0.336 e. The van der Waals surface area contributed by atoms with Gasteiger partial charge in [0.2, 0.25) is 0 Å². The summed E-state index contributed by atoms with van der Waals surface area (Å²) in [5, 5.41) is 3.91. The Morgan fingerprint density at radius 2 is 2.13 bits per heavy atom. The van der Waals surface area contributed by atoms with Crippen LogP contribution in [0.1, 0.15) is 43.2 Å². The van der Waals surface area contributed by atoms with Crippen LogP contribution in [0.2, 0.25) is 5.02 Å². The predicted octanol–water partition coefficient (Wildman–Crippen LogP) is 3.71. The number of aryl methyl sites for hydroxylation is 1. The highest BCUT2D eigenvalue weighted by molar-refractivity contribution is 6.32. The Hall–Kier alpha value is -1.58. The number of allylic oxidation sites excluding steroid dienone is 1. The van der Waals surface area contributed by atoms with Crippen LogP contribution in [-0.4, -0.2) is 6.54 Å². The molecule has 0 aliphatic heterocycles. The second kappa shape index (κ2) is 7.33. The van der Waals surface area contributed by atoms with Gasteiger partial charge in [0.15, 0.2) is 0 Å². The summed E-state index contributed by atoms with van der Waals surface area (Å²) in [7, 11) is 0. The third kappa shape index (κ3) is 4.04. The zero-order valence-electron chi connectivity index (χ0n) is 13.5. The van der Waals surface area contributed by atoms with E-state index in [-0.39, 0.29) is 5.63 Å². The van der Waals surface area contributed by atoms with Gasteiger partial charge in [0.05, 0.1) is 6.54 Å². The second-order valence-electron chi connectivity index (χ2n) is 6.33. The minimum atomic E-state index is -0.294. The van der Waals surface area contributed by atoms with Crippen molar-refractivity contribution in [1.82, 2.24) is 0 Å². The average Bonchev–Trinajstić information content (AvgIpc) is 2.54. The van der Waals surface area contributed by atoms with Gasteiger partial charge in [0, 0.05) is 28.5 Å². The molecular formula is C19H23ClNO2+. The maximum Gasteiger partial charge on any atom is 0.336 e. The fraction of sp³-hybridized carbons (Fsp3) is 0.421. The van der Waals surface area contributed by atoms with Crippen LogP contribution in [0, 0.1) is 6.92 Å². The van der Waals surface area contributed by atoms with E-state index in [2.05, 4.69) is 11.4 Å². The first-order chi connectivity index (χ1) is 11.1. The molecule has 0 atom stereocenters. The van der Waals surface area contributed by atoms with Crippen LogP contribution in [0.25, 0.3) is 11.0 Å². The van der Waals surface area contributed by atoms with E-state index >= 15 is 0 Å². The Kier molecular flexibility index (Phi) is 5.19. The van der Waals surface area contributed by atoms with Crippen LogP contribution in [0.4, 0.5) is 0 Å². The molecule has 4 heteroatoms. The van der Waals surface area contributed by atoms with Crippen LogP contribution in [-0.2, 0) is 6.54 Å². The van der Waals surface area contributed by atoms with Crippen LogP contribution < -0.4 is 10.9 Å². The monoisotopic (exact) mass is 332 g/mol. The molecule has 1 heterocycles. The lowest BCUT2D eigenvalue weighted by Gasteiger charge is -2.12. The second-order valence-corrected chi connectivity index (χ2v) is 6.74. The minimum absolute atomic E-state index is 0.294. The van der Waals surface area contributed by atoms with Crippen LogP contribution in [0.15, 0.2) is 39.1 Å². The van der Waals surface area contributed by atoms with Crippen LogP contribution >= 0.6 is 11.6 Å². The Morgan fingerprint density at radius 1 is 1.26 bits per heavy atom. The molecule has 1 aromatic carbocycles. The van der Waals surface area contributed by atoms with Gasteiger partial charge < -0.3 is 9.73 Å². The molecule has 0 amide bonds. The van der Waals surface area contributed by atoms with Crippen molar-refractivity contribution in [3.8, 4) is 0 Å². The van der Waals surface area contributed by atoms with E-state index in [4.69, 9.17) is 16.0 Å². The highest BCUT2D eigenvalue weighted by Gasteiger charge is 2.10. The number of halogens is 1. The summed E-state index contributed by atoms with van der Waals surface area (Å²) in [6.45, 7) is 3.74. The summed E-state index contributed by atoms with van der Waals surface area (Å²) in [6, 6.07) is 5.34. The van der Waals surface area contributed by atoms with Crippen LogP contribution in [0.3, 0.4) is 0 Å². The highest BCUT2D eigenvalue weighted by Crippen LogP contribution is 2.24. The molecule has 1 aliphatic carbocycles. The lowest BCUT2D eigenvalue weighted by Crippen LogP contribution is -2.82. The minimum Gasteiger partial charge on any atom is -0.423 e. The first-order valence-electron chi connectivity index (χ1n) is 8.36. The highest BCUT2D eigenvalue weighted by atomic mass is 35.5. The number of hydrogen-bond donors (Lipinski definition) is 1. The van der Waals surface area contributed by atoms with Crippen molar-refractivity contribution >= 4 is 22.6 Å². The van der Waals surface area contributed by atoms with E-state index in [9.17, 15) is 4.79 Å². The van der Waals surface area contributed by atoms with E-state index in [0.717, 1.165) is 36.0 Å². The Labute approximate surface area is 141 Å². The number of quaternary nitrogens is 1. The quantitative estimate of drug-likeness (QED) is 0.515. The molecule has 0 saturated carbocycles. The van der Waals surface area contributed by atoms with Gasteiger partial charge in [-0.1, -0.05) is 23.3 Å². The van der Waals surface area contributed by atoms with Crippen molar-refractivity contribution in [3.05, 3.63) is 56.4 Å². The molecule has 3 rings (SSSR count). The normalized spacial score (nSPS) is 15.0. The van der Waals surface area contributed by atoms with Crippen molar-refractivity contribution in [2.75, 3.05) is 6.54 Å². The molecule has 0 saturated heterocycles. The summed E-state index contributed by atoms with van der Waals surface area (Å²) in [5.74, 6) is 0. The first-order valence-corrected chi connectivity index (χ1v) is 8.74. The van der Waals surface area contributed by atoms with Crippen molar-refractivity contribution in [2.45, 2.75) is 45.6 Å². The number of rotatable bonds is 5. The van der Waals surface area contributed by atoms with E-state index < -0.39 is 0 Å². The van der Waals surface area contributed by atoms with Gasteiger partial charge in [-0.05, 0) is 50.3 Å². The van der Waals surface area contributed by atoms with Gasteiger partial charge in [-0.2, -0.15) is 0 Å². The number of nitrogens with two attached hydrogens (primary N) is 1. The number of hydrogen-bond acceptors (Lipinski definition) is 2. The molecular weight excluding hydrogens is 310 g/mol. The lowest BCUT2D eigenvalue weighted by molar-refractivity contribution is -0.669. The topological polar surface area (TPSA) is 46.8 Å². The molecule has 1 aliphatic rings. The molecule has 0 spiro atoms. The number of benzene rings is 1. The summed E-state index contributed by atoms with van der Waals surface area (Å²) < 4.78 is 5.30.